The van der Waals surface area contributed by atoms with Crippen LogP contribution in [-0.4, -0.2) is 29.8 Å². The first kappa shape index (κ1) is 11.1. The van der Waals surface area contributed by atoms with Gasteiger partial charge in [0, 0.05) is 6.04 Å². The highest BCUT2D eigenvalue weighted by atomic mass is 16.1. The summed E-state index contributed by atoms with van der Waals surface area (Å²) < 4.78 is 0. The summed E-state index contributed by atoms with van der Waals surface area (Å²) in [5.74, 6) is 0.141. The van der Waals surface area contributed by atoms with Crippen molar-refractivity contribution in [3.05, 3.63) is 0 Å². The molecule has 0 saturated heterocycles. The monoisotopic (exact) mass is 168 g/mol. The van der Waals surface area contributed by atoms with Gasteiger partial charge in [0.25, 0.3) is 0 Å². The maximum Gasteiger partial charge on any atom is 0.146 e. The van der Waals surface area contributed by atoms with Gasteiger partial charge in [-0.1, -0.05) is 0 Å². The maximum absolute atomic E-state index is 11.0. The number of nitriles is 1. The third-order valence-electron chi connectivity index (χ3n) is 2.28. The first-order valence-electron chi connectivity index (χ1n) is 4.10. The van der Waals surface area contributed by atoms with Crippen molar-refractivity contribution in [2.75, 3.05) is 7.05 Å². The van der Waals surface area contributed by atoms with Gasteiger partial charge in [0.1, 0.15) is 5.78 Å². The molecule has 0 aromatic heterocycles. The van der Waals surface area contributed by atoms with E-state index in [1.807, 2.05) is 25.8 Å². The molecule has 3 nitrogen and oxygen atoms in total. The van der Waals surface area contributed by atoms with Crippen molar-refractivity contribution < 1.29 is 4.79 Å². The zero-order valence-electron chi connectivity index (χ0n) is 8.16. The van der Waals surface area contributed by atoms with E-state index >= 15 is 0 Å². The Morgan fingerprint density at radius 3 is 2.42 bits per heavy atom. The van der Waals surface area contributed by atoms with Crippen LogP contribution in [0, 0.1) is 11.3 Å². The van der Waals surface area contributed by atoms with E-state index < -0.39 is 0 Å². The molecule has 0 aliphatic rings. The van der Waals surface area contributed by atoms with Gasteiger partial charge in [0.05, 0.1) is 18.5 Å². The van der Waals surface area contributed by atoms with Gasteiger partial charge < -0.3 is 0 Å². The van der Waals surface area contributed by atoms with Crippen molar-refractivity contribution >= 4 is 5.78 Å². The number of hydrogen-bond acceptors (Lipinski definition) is 3. The van der Waals surface area contributed by atoms with Gasteiger partial charge in [-0.2, -0.15) is 5.26 Å². The first-order valence-corrected chi connectivity index (χ1v) is 4.10. The summed E-state index contributed by atoms with van der Waals surface area (Å²) in [5.41, 5.74) is 0. The molecule has 0 aliphatic heterocycles. The zero-order chi connectivity index (χ0) is 9.72. The number of ketones is 1. The van der Waals surface area contributed by atoms with E-state index in [1.165, 1.54) is 0 Å². The average molecular weight is 168 g/mol. The Labute approximate surface area is 74.0 Å². The molecule has 2 unspecified atom stereocenters. The molecular weight excluding hydrogens is 152 g/mol. The van der Waals surface area contributed by atoms with Crippen LogP contribution in [0.2, 0.25) is 0 Å². The quantitative estimate of drug-likeness (QED) is 0.633. The lowest BCUT2D eigenvalue weighted by Crippen LogP contribution is -2.40. The van der Waals surface area contributed by atoms with Crippen LogP contribution in [0.25, 0.3) is 0 Å². The first-order chi connectivity index (χ1) is 5.50. The largest absolute Gasteiger partial charge is 0.298 e. The Hall–Kier alpha value is -0.880. The molecule has 0 aromatic rings. The predicted molar refractivity (Wildman–Crippen MR) is 47.6 cm³/mol. The summed E-state index contributed by atoms with van der Waals surface area (Å²) in [7, 11) is 1.87. The Morgan fingerprint density at radius 1 is 1.58 bits per heavy atom. The van der Waals surface area contributed by atoms with E-state index in [0.717, 1.165) is 0 Å². The lowest BCUT2D eigenvalue weighted by molar-refractivity contribution is -0.121. The molecule has 0 saturated carbocycles. The van der Waals surface area contributed by atoms with Crippen LogP contribution in [-0.2, 0) is 4.79 Å². The normalized spacial score (nSPS) is 15.3. The van der Waals surface area contributed by atoms with Gasteiger partial charge in [-0.15, -0.1) is 0 Å². The van der Waals surface area contributed by atoms with Gasteiger partial charge in [0.15, 0.2) is 0 Å². The molecule has 3 heteroatoms. The molecule has 0 amide bonds. The minimum absolute atomic E-state index is 0.0895. The van der Waals surface area contributed by atoms with Crippen molar-refractivity contribution in [2.45, 2.75) is 39.3 Å². The minimum Gasteiger partial charge on any atom is -0.298 e. The van der Waals surface area contributed by atoms with Gasteiger partial charge in [0.2, 0.25) is 0 Å². The predicted octanol–water partition coefficient (Wildman–Crippen LogP) is 1.20. The second-order valence-electron chi connectivity index (χ2n) is 3.16. The molecule has 0 aromatic carbocycles. The average Bonchev–Trinajstić information content (AvgIpc) is 2.02. The second kappa shape index (κ2) is 4.89. The summed E-state index contributed by atoms with van der Waals surface area (Å²) in [6.45, 7) is 5.37. The van der Waals surface area contributed by atoms with E-state index in [4.69, 9.17) is 5.26 Å². The van der Waals surface area contributed by atoms with E-state index in [2.05, 4.69) is 6.07 Å². The molecule has 2 atom stereocenters. The smallest absolute Gasteiger partial charge is 0.146 e. The van der Waals surface area contributed by atoms with Crippen molar-refractivity contribution in [1.82, 2.24) is 4.90 Å². The highest BCUT2D eigenvalue weighted by Gasteiger charge is 2.18. The molecule has 0 heterocycles. The van der Waals surface area contributed by atoms with E-state index in [9.17, 15) is 4.79 Å². The van der Waals surface area contributed by atoms with Crippen LogP contribution in [0.15, 0.2) is 0 Å². The van der Waals surface area contributed by atoms with Crippen LogP contribution >= 0.6 is 0 Å². The number of nitrogens with zero attached hydrogens (tertiary/aromatic N) is 2. The number of rotatable bonds is 4. The Balaban J connectivity index is 4.10. The zero-order valence-corrected chi connectivity index (χ0v) is 8.16. The maximum atomic E-state index is 11.0. The molecule has 68 valence electrons. The van der Waals surface area contributed by atoms with Crippen molar-refractivity contribution in [1.29, 1.82) is 5.26 Å². The molecule has 0 fully saturated rings. The van der Waals surface area contributed by atoms with Crippen molar-refractivity contribution in [2.24, 2.45) is 0 Å². The minimum atomic E-state index is -0.0895. The SMILES string of the molecule is CC(=O)C(C)N(C)C(C)CC#N. The molecular formula is C9H16N2O. The van der Waals surface area contributed by atoms with Crippen molar-refractivity contribution in [3.8, 4) is 6.07 Å². The van der Waals surface area contributed by atoms with Crippen LogP contribution < -0.4 is 0 Å². The summed E-state index contributed by atoms with van der Waals surface area (Å²) in [6.07, 6.45) is 0.466. The Bertz CT molecular complexity index is 195. The van der Waals surface area contributed by atoms with E-state index in [1.54, 1.807) is 6.92 Å². The fourth-order valence-corrected chi connectivity index (χ4v) is 0.945. The highest BCUT2D eigenvalue weighted by molar-refractivity contribution is 5.80. The second-order valence-corrected chi connectivity index (χ2v) is 3.16. The molecule has 0 rings (SSSR count). The van der Waals surface area contributed by atoms with Crippen molar-refractivity contribution in [3.63, 3.8) is 0 Å². The van der Waals surface area contributed by atoms with Crippen LogP contribution in [0.1, 0.15) is 27.2 Å². The van der Waals surface area contributed by atoms with Gasteiger partial charge in [-0.25, -0.2) is 0 Å². The van der Waals surface area contributed by atoms with Crippen LogP contribution in [0.3, 0.4) is 0 Å². The van der Waals surface area contributed by atoms with Crippen LogP contribution in [0.4, 0.5) is 0 Å². The molecule has 0 aliphatic carbocycles. The summed E-state index contributed by atoms with van der Waals surface area (Å²) in [5, 5.41) is 8.44. The third kappa shape index (κ3) is 3.02. The molecule has 0 radical (unpaired) electrons. The van der Waals surface area contributed by atoms with E-state index in [0.29, 0.717) is 6.42 Å². The Morgan fingerprint density at radius 2 is 2.08 bits per heavy atom. The number of carbonyl (C=O) groups is 1. The lowest BCUT2D eigenvalue weighted by atomic mass is 10.1. The number of likely N-dealkylation sites (N-methyl/N-ethyl adjacent to an activating group) is 1. The molecule has 0 N–H and O–H groups in total. The topological polar surface area (TPSA) is 44.1 Å². The number of Topliss-reactive ketones (excluding diaryl/α,β-unsaturated/α-hetero) is 1. The molecule has 12 heavy (non-hydrogen) atoms. The van der Waals surface area contributed by atoms with Gasteiger partial charge in [-0.05, 0) is 27.8 Å². The summed E-state index contributed by atoms with van der Waals surface area (Å²) in [6, 6.07) is 2.15. The fraction of sp³-hybridized carbons (Fsp3) is 0.778. The van der Waals surface area contributed by atoms with E-state index in [-0.39, 0.29) is 17.9 Å². The summed E-state index contributed by atoms with van der Waals surface area (Å²) in [4.78, 5) is 12.9. The molecule has 0 spiro atoms. The van der Waals surface area contributed by atoms with Gasteiger partial charge in [-0.3, -0.25) is 9.69 Å². The standard InChI is InChI=1S/C9H16N2O/c1-7(5-6-10)11(4)8(2)9(3)12/h7-8H,5H2,1-4H3. The highest BCUT2D eigenvalue weighted by Crippen LogP contribution is 2.05. The number of carbonyl (C=O) groups excluding carboxylic acids is 1. The fourth-order valence-electron chi connectivity index (χ4n) is 0.945. The Kier molecular flexibility index (Phi) is 4.53. The summed E-state index contributed by atoms with van der Waals surface area (Å²) >= 11 is 0. The number of hydrogen-bond donors (Lipinski definition) is 0. The lowest BCUT2D eigenvalue weighted by Gasteiger charge is -2.27. The van der Waals surface area contributed by atoms with Gasteiger partial charge >= 0.3 is 0 Å². The molecule has 0 bridgehead atoms. The third-order valence-corrected chi connectivity index (χ3v) is 2.28. The van der Waals surface area contributed by atoms with Crippen LogP contribution in [0.5, 0.6) is 0 Å².